The highest BCUT2D eigenvalue weighted by Crippen LogP contribution is 2.21. The third-order valence-corrected chi connectivity index (χ3v) is 2.61. The average molecular weight is 247 g/mol. The molecule has 1 rings (SSSR count). The van der Waals surface area contributed by atoms with E-state index in [1.165, 1.54) is 12.1 Å². The molecule has 0 aliphatic rings. The van der Waals surface area contributed by atoms with Gasteiger partial charge in [0.05, 0.1) is 0 Å². The van der Waals surface area contributed by atoms with Crippen LogP contribution in [0.5, 0.6) is 0 Å². The Labute approximate surface area is 103 Å². The number of hydrogen-bond acceptors (Lipinski definition) is 2. The van der Waals surface area contributed by atoms with Crippen LogP contribution < -0.4 is 11.5 Å². The van der Waals surface area contributed by atoms with Crippen LogP contribution in [0, 0.1) is 12.7 Å². The Kier molecular flexibility index (Phi) is 7.30. The molecule has 0 bridgehead atoms. The first-order valence-corrected chi connectivity index (χ1v) is 5.37. The molecule has 0 saturated heterocycles. The Bertz CT molecular complexity index is 318. The molecule has 92 valence electrons. The molecule has 0 aromatic heterocycles. The molecule has 0 radical (unpaired) electrons. The van der Waals surface area contributed by atoms with Crippen molar-refractivity contribution in [1.82, 2.24) is 0 Å². The molecular formula is C12H20ClFN2. The monoisotopic (exact) mass is 246 g/mol. The van der Waals surface area contributed by atoms with Gasteiger partial charge in [-0.25, -0.2) is 4.39 Å². The first-order valence-electron chi connectivity index (χ1n) is 5.37. The second-order valence-corrected chi connectivity index (χ2v) is 3.89. The minimum Gasteiger partial charge on any atom is -0.330 e. The minimum atomic E-state index is -0.218. The highest BCUT2D eigenvalue weighted by molar-refractivity contribution is 5.85. The van der Waals surface area contributed by atoms with Crippen LogP contribution in [0.4, 0.5) is 4.39 Å². The van der Waals surface area contributed by atoms with Crippen LogP contribution in [0.25, 0.3) is 0 Å². The molecule has 0 aliphatic heterocycles. The summed E-state index contributed by atoms with van der Waals surface area (Å²) in [5, 5.41) is 0. The molecule has 0 aliphatic carbocycles. The van der Waals surface area contributed by atoms with Crippen LogP contribution in [0.2, 0.25) is 0 Å². The van der Waals surface area contributed by atoms with E-state index >= 15 is 0 Å². The summed E-state index contributed by atoms with van der Waals surface area (Å²) in [6.45, 7) is 2.65. The van der Waals surface area contributed by atoms with E-state index in [2.05, 4.69) is 0 Å². The number of benzene rings is 1. The molecule has 1 aromatic carbocycles. The van der Waals surface area contributed by atoms with E-state index in [0.29, 0.717) is 6.54 Å². The van der Waals surface area contributed by atoms with Crippen LogP contribution in [0.1, 0.15) is 36.4 Å². The van der Waals surface area contributed by atoms with E-state index < -0.39 is 0 Å². The third-order valence-electron chi connectivity index (χ3n) is 2.61. The molecule has 1 aromatic rings. The van der Waals surface area contributed by atoms with Gasteiger partial charge in [-0.05, 0) is 49.6 Å². The fourth-order valence-corrected chi connectivity index (χ4v) is 1.67. The molecule has 2 nitrogen and oxygen atoms in total. The van der Waals surface area contributed by atoms with E-state index in [0.717, 1.165) is 30.4 Å². The van der Waals surface area contributed by atoms with Crippen molar-refractivity contribution in [1.29, 1.82) is 0 Å². The average Bonchev–Trinajstić information content (AvgIpc) is 2.22. The maximum absolute atomic E-state index is 13.0. The summed E-state index contributed by atoms with van der Waals surface area (Å²) in [7, 11) is 0. The first kappa shape index (κ1) is 15.4. The van der Waals surface area contributed by atoms with Crippen LogP contribution in [0.3, 0.4) is 0 Å². The Morgan fingerprint density at radius 3 is 2.62 bits per heavy atom. The van der Waals surface area contributed by atoms with Gasteiger partial charge in [-0.1, -0.05) is 12.5 Å². The molecule has 0 fully saturated rings. The molecule has 0 saturated carbocycles. The van der Waals surface area contributed by atoms with Crippen molar-refractivity contribution in [3.63, 3.8) is 0 Å². The summed E-state index contributed by atoms with van der Waals surface area (Å²) in [6, 6.07) is 4.69. The normalized spacial score (nSPS) is 12.0. The first-order chi connectivity index (χ1) is 7.15. The van der Waals surface area contributed by atoms with Crippen molar-refractivity contribution in [2.45, 2.75) is 32.2 Å². The summed E-state index contributed by atoms with van der Waals surface area (Å²) in [5.41, 5.74) is 13.4. The van der Waals surface area contributed by atoms with E-state index in [4.69, 9.17) is 11.5 Å². The number of halogens is 2. The fraction of sp³-hybridized carbons (Fsp3) is 0.500. The lowest BCUT2D eigenvalue weighted by atomic mass is 9.97. The molecule has 4 heteroatoms. The number of hydrogen-bond donors (Lipinski definition) is 2. The predicted molar refractivity (Wildman–Crippen MR) is 68.2 cm³/mol. The van der Waals surface area contributed by atoms with Gasteiger partial charge in [-0.15, -0.1) is 12.4 Å². The maximum Gasteiger partial charge on any atom is 0.123 e. The largest absolute Gasteiger partial charge is 0.330 e. The zero-order valence-corrected chi connectivity index (χ0v) is 10.4. The van der Waals surface area contributed by atoms with Crippen LogP contribution >= 0.6 is 12.4 Å². The Morgan fingerprint density at radius 2 is 2.00 bits per heavy atom. The Balaban J connectivity index is 0.00000225. The summed E-state index contributed by atoms with van der Waals surface area (Å²) >= 11 is 0. The van der Waals surface area contributed by atoms with Crippen molar-refractivity contribution in [3.05, 3.63) is 35.1 Å². The molecule has 16 heavy (non-hydrogen) atoms. The quantitative estimate of drug-likeness (QED) is 0.785. The van der Waals surface area contributed by atoms with Gasteiger partial charge in [-0.3, -0.25) is 0 Å². The number of aryl methyl sites for hydroxylation is 1. The second kappa shape index (κ2) is 7.60. The smallest absolute Gasteiger partial charge is 0.123 e. The fourth-order valence-electron chi connectivity index (χ4n) is 1.67. The predicted octanol–water partition coefficient (Wildman–Crippen LogP) is 2.68. The third kappa shape index (κ3) is 4.47. The van der Waals surface area contributed by atoms with Gasteiger partial charge in [0.1, 0.15) is 5.82 Å². The lowest BCUT2D eigenvalue weighted by Gasteiger charge is -2.14. The van der Waals surface area contributed by atoms with E-state index in [9.17, 15) is 4.39 Å². The van der Waals surface area contributed by atoms with Gasteiger partial charge in [0.15, 0.2) is 0 Å². The van der Waals surface area contributed by atoms with E-state index in [1.807, 2.05) is 6.92 Å². The molecule has 0 amide bonds. The summed E-state index contributed by atoms with van der Waals surface area (Å²) < 4.78 is 13.0. The van der Waals surface area contributed by atoms with Crippen LogP contribution in [-0.4, -0.2) is 6.54 Å². The van der Waals surface area contributed by atoms with Crippen molar-refractivity contribution < 1.29 is 4.39 Å². The standard InChI is InChI=1S/C12H19FN2.ClH/c1-9-5-6-10(13)8-11(9)12(15)4-2-3-7-14;/h5-6,8,12H,2-4,7,14-15H2,1H3;1H/t12-;/m1./s1. The molecule has 0 unspecified atom stereocenters. The van der Waals surface area contributed by atoms with Gasteiger partial charge in [0.2, 0.25) is 0 Å². The Morgan fingerprint density at radius 1 is 1.31 bits per heavy atom. The van der Waals surface area contributed by atoms with E-state index in [1.54, 1.807) is 6.07 Å². The highest BCUT2D eigenvalue weighted by atomic mass is 35.5. The number of nitrogens with two attached hydrogens (primary N) is 2. The van der Waals surface area contributed by atoms with Crippen LogP contribution in [-0.2, 0) is 0 Å². The summed E-state index contributed by atoms with van der Waals surface area (Å²) in [6.07, 6.45) is 2.83. The van der Waals surface area contributed by atoms with Gasteiger partial charge >= 0.3 is 0 Å². The molecule has 1 atom stereocenters. The van der Waals surface area contributed by atoms with Gasteiger partial charge in [0, 0.05) is 6.04 Å². The number of unbranched alkanes of at least 4 members (excludes halogenated alkanes) is 1. The lowest BCUT2D eigenvalue weighted by Crippen LogP contribution is -2.12. The van der Waals surface area contributed by atoms with Gasteiger partial charge < -0.3 is 11.5 Å². The zero-order chi connectivity index (χ0) is 11.3. The minimum absolute atomic E-state index is 0. The van der Waals surface area contributed by atoms with Crippen LogP contribution in [0.15, 0.2) is 18.2 Å². The molecular weight excluding hydrogens is 227 g/mol. The topological polar surface area (TPSA) is 52.0 Å². The molecule has 4 N–H and O–H groups in total. The maximum atomic E-state index is 13.0. The Hall–Kier alpha value is -0.640. The zero-order valence-electron chi connectivity index (χ0n) is 9.58. The van der Waals surface area contributed by atoms with E-state index in [-0.39, 0.29) is 24.3 Å². The van der Waals surface area contributed by atoms with Crippen molar-refractivity contribution in [2.24, 2.45) is 11.5 Å². The SMILES string of the molecule is Cc1ccc(F)cc1[C@H](N)CCCCN.Cl. The van der Waals surface area contributed by atoms with Crippen molar-refractivity contribution in [2.75, 3.05) is 6.54 Å². The van der Waals surface area contributed by atoms with Crippen molar-refractivity contribution >= 4 is 12.4 Å². The summed E-state index contributed by atoms with van der Waals surface area (Å²) in [4.78, 5) is 0. The molecule has 0 heterocycles. The van der Waals surface area contributed by atoms with Gasteiger partial charge in [0.25, 0.3) is 0 Å². The molecule has 0 spiro atoms. The number of rotatable bonds is 5. The van der Waals surface area contributed by atoms with Gasteiger partial charge in [-0.2, -0.15) is 0 Å². The van der Waals surface area contributed by atoms with Crippen molar-refractivity contribution in [3.8, 4) is 0 Å². The second-order valence-electron chi connectivity index (χ2n) is 3.89. The lowest BCUT2D eigenvalue weighted by molar-refractivity contribution is 0.577. The summed E-state index contributed by atoms with van der Waals surface area (Å²) in [5.74, 6) is -0.218. The highest BCUT2D eigenvalue weighted by Gasteiger charge is 2.09.